The fourth-order valence-corrected chi connectivity index (χ4v) is 3.11. The van der Waals surface area contributed by atoms with E-state index in [0.717, 1.165) is 18.5 Å². The van der Waals surface area contributed by atoms with Gasteiger partial charge < -0.3 is 20.1 Å². The number of nitrogens with zero attached hydrogens (tertiary/aromatic N) is 2. The summed E-state index contributed by atoms with van der Waals surface area (Å²) in [6.07, 6.45) is 5.66. The minimum absolute atomic E-state index is 0.239. The molecule has 1 fully saturated rings. The number of carbonyl (C=O) groups is 1. The predicted molar refractivity (Wildman–Crippen MR) is 104 cm³/mol. The van der Waals surface area contributed by atoms with Crippen LogP contribution in [0.25, 0.3) is 0 Å². The maximum Gasteiger partial charge on any atom is 0.320 e. The number of urea groups is 1. The highest BCUT2D eigenvalue weighted by molar-refractivity contribution is 5.88. The first-order valence-electron chi connectivity index (χ1n) is 9.08. The summed E-state index contributed by atoms with van der Waals surface area (Å²) in [7, 11) is 3.17. The van der Waals surface area contributed by atoms with E-state index in [1.807, 2.05) is 12.1 Å². The number of amides is 2. The molecule has 1 aromatic carbocycles. The molecule has 0 spiro atoms. The van der Waals surface area contributed by atoms with Crippen LogP contribution in [0, 0.1) is 0 Å². The predicted octanol–water partition coefficient (Wildman–Crippen LogP) is 3.69. The summed E-state index contributed by atoms with van der Waals surface area (Å²) in [5.41, 5.74) is 0.790. The smallest absolute Gasteiger partial charge is 0.320 e. The van der Waals surface area contributed by atoms with E-state index in [1.165, 1.54) is 19.3 Å². The summed E-state index contributed by atoms with van der Waals surface area (Å²) in [5, 5.41) is 17.0. The summed E-state index contributed by atoms with van der Waals surface area (Å²) >= 11 is 0. The van der Waals surface area contributed by atoms with Gasteiger partial charge in [0, 0.05) is 17.8 Å². The minimum Gasteiger partial charge on any atom is -0.493 e. The Labute approximate surface area is 158 Å². The van der Waals surface area contributed by atoms with E-state index < -0.39 is 0 Å². The van der Waals surface area contributed by atoms with Gasteiger partial charge in [0.25, 0.3) is 0 Å². The molecule has 8 nitrogen and oxygen atoms in total. The summed E-state index contributed by atoms with van der Waals surface area (Å²) in [5.74, 6) is 2.23. The zero-order valence-corrected chi connectivity index (χ0v) is 15.6. The minimum atomic E-state index is -0.239. The van der Waals surface area contributed by atoms with Crippen molar-refractivity contribution in [2.45, 2.75) is 38.1 Å². The Bertz CT molecular complexity index is 760. The number of anilines is 3. The van der Waals surface area contributed by atoms with Crippen LogP contribution in [0.1, 0.15) is 32.1 Å². The first kappa shape index (κ1) is 18.8. The zero-order valence-electron chi connectivity index (χ0n) is 15.6. The van der Waals surface area contributed by atoms with Crippen LogP contribution in [0.4, 0.5) is 22.1 Å². The quantitative estimate of drug-likeness (QED) is 0.716. The van der Waals surface area contributed by atoms with Gasteiger partial charge in [-0.15, -0.1) is 10.2 Å². The van der Waals surface area contributed by atoms with Crippen molar-refractivity contribution < 1.29 is 14.3 Å². The fourth-order valence-electron chi connectivity index (χ4n) is 3.11. The van der Waals surface area contributed by atoms with Crippen molar-refractivity contribution >= 4 is 23.4 Å². The van der Waals surface area contributed by atoms with E-state index in [4.69, 9.17) is 9.47 Å². The lowest BCUT2D eigenvalue weighted by Gasteiger charge is -2.22. The molecule has 3 rings (SSSR count). The van der Waals surface area contributed by atoms with Crippen LogP contribution >= 0.6 is 0 Å². The van der Waals surface area contributed by atoms with Gasteiger partial charge in [0.05, 0.1) is 14.2 Å². The number of carbonyl (C=O) groups excluding carboxylic acids is 1. The standard InChI is InChI=1S/C19H25N5O3/c1-26-15-9-8-14(12-16(15)27-2)20-17-10-11-18(24-23-17)22-19(25)21-13-6-4-3-5-7-13/h8-13H,3-7H2,1-2H3,(H,20,23)(H2,21,22,24,25). The number of ether oxygens (including phenoxy) is 2. The Morgan fingerprint density at radius 2 is 1.67 bits per heavy atom. The molecule has 1 saturated carbocycles. The van der Waals surface area contributed by atoms with Gasteiger partial charge in [0.1, 0.15) is 0 Å². The summed E-state index contributed by atoms with van der Waals surface area (Å²) in [6.45, 7) is 0. The van der Waals surface area contributed by atoms with E-state index in [0.29, 0.717) is 23.1 Å². The molecule has 1 aromatic heterocycles. The van der Waals surface area contributed by atoms with Gasteiger partial charge in [-0.25, -0.2) is 4.79 Å². The lowest BCUT2D eigenvalue weighted by Crippen LogP contribution is -2.39. The van der Waals surface area contributed by atoms with Crippen LogP contribution in [0.15, 0.2) is 30.3 Å². The molecule has 2 amide bonds. The van der Waals surface area contributed by atoms with Gasteiger partial charge in [-0.2, -0.15) is 0 Å². The van der Waals surface area contributed by atoms with Crippen LogP contribution in [-0.4, -0.2) is 36.5 Å². The van der Waals surface area contributed by atoms with Crippen molar-refractivity contribution in [2.75, 3.05) is 24.9 Å². The number of nitrogens with one attached hydrogen (secondary N) is 3. The number of benzene rings is 1. The number of hydrogen-bond donors (Lipinski definition) is 3. The summed E-state index contributed by atoms with van der Waals surface area (Å²) in [6, 6.07) is 8.93. The molecule has 0 radical (unpaired) electrons. The van der Waals surface area contributed by atoms with Crippen molar-refractivity contribution in [3.05, 3.63) is 30.3 Å². The molecule has 0 saturated heterocycles. The zero-order chi connectivity index (χ0) is 19.1. The van der Waals surface area contributed by atoms with E-state index in [2.05, 4.69) is 26.1 Å². The second kappa shape index (κ2) is 9.07. The molecule has 0 atom stereocenters. The molecule has 2 aromatic rings. The van der Waals surface area contributed by atoms with E-state index in [-0.39, 0.29) is 12.1 Å². The molecule has 1 aliphatic carbocycles. The molecule has 8 heteroatoms. The Kier molecular flexibility index (Phi) is 6.30. The number of methoxy groups -OCH3 is 2. The van der Waals surface area contributed by atoms with Gasteiger partial charge in [0.15, 0.2) is 23.1 Å². The van der Waals surface area contributed by atoms with Crippen LogP contribution in [0.5, 0.6) is 11.5 Å². The number of rotatable bonds is 6. The largest absolute Gasteiger partial charge is 0.493 e. The highest BCUT2D eigenvalue weighted by Gasteiger charge is 2.15. The number of aromatic nitrogens is 2. The molecule has 1 aliphatic rings. The van der Waals surface area contributed by atoms with Crippen LogP contribution in [-0.2, 0) is 0 Å². The topological polar surface area (TPSA) is 97.4 Å². The SMILES string of the molecule is COc1ccc(Nc2ccc(NC(=O)NC3CCCCC3)nn2)cc1OC. The Morgan fingerprint density at radius 3 is 2.33 bits per heavy atom. The second-order valence-corrected chi connectivity index (χ2v) is 6.43. The van der Waals surface area contributed by atoms with Crippen molar-refractivity contribution in [3.63, 3.8) is 0 Å². The Morgan fingerprint density at radius 1 is 0.963 bits per heavy atom. The average molecular weight is 371 g/mol. The first-order valence-corrected chi connectivity index (χ1v) is 9.08. The van der Waals surface area contributed by atoms with Gasteiger partial charge in [-0.05, 0) is 37.1 Å². The van der Waals surface area contributed by atoms with Gasteiger partial charge in [-0.1, -0.05) is 19.3 Å². The molecule has 144 valence electrons. The third kappa shape index (κ3) is 5.22. The third-order valence-electron chi connectivity index (χ3n) is 4.50. The molecule has 0 bridgehead atoms. The van der Waals surface area contributed by atoms with E-state index in [9.17, 15) is 4.79 Å². The highest BCUT2D eigenvalue weighted by Crippen LogP contribution is 2.30. The Balaban J connectivity index is 1.56. The lowest BCUT2D eigenvalue weighted by atomic mass is 9.96. The highest BCUT2D eigenvalue weighted by atomic mass is 16.5. The van der Waals surface area contributed by atoms with Crippen molar-refractivity contribution in [2.24, 2.45) is 0 Å². The molecule has 3 N–H and O–H groups in total. The molecule has 0 unspecified atom stereocenters. The second-order valence-electron chi connectivity index (χ2n) is 6.43. The van der Waals surface area contributed by atoms with Crippen LogP contribution in [0.3, 0.4) is 0 Å². The van der Waals surface area contributed by atoms with Gasteiger partial charge in [-0.3, -0.25) is 5.32 Å². The first-order chi connectivity index (χ1) is 13.2. The third-order valence-corrected chi connectivity index (χ3v) is 4.50. The maximum absolute atomic E-state index is 12.1. The molecule has 27 heavy (non-hydrogen) atoms. The summed E-state index contributed by atoms with van der Waals surface area (Å²) < 4.78 is 10.5. The average Bonchev–Trinajstić information content (AvgIpc) is 2.70. The van der Waals surface area contributed by atoms with Crippen molar-refractivity contribution in [1.82, 2.24) is 15.5 Å². The van der Waals surface area contributed by atoms with Crippen LogP contribution in [0.2, 0.25) is 0 Å². The number of hydrogen-bond acceptors (Lipinski definition) is 6. The van der Waals surface area contributed by atoms with Gasteiger partial charge in [0.2, 0.25) is 0 Å². The maximum atomic E-state index is 12.1. The lowest BCUT2D eigenvalue weighted by molar-refractivity contribution is 0.244. The van der Waals surface area contributed by atoms with Crippen molar-refractivity contribution in [3.8, 4) is 11.5 Å². The normalized spacial score (nSPS) is 14.3. The van der Waals surface area contributed by atoms with Gasteiger partial charge >= 0.3 is 6.03 Å². The molecule has 1 heterocycles. The van der Waals surface area contributed by atoms with E-state index >= 15 is 0 Å². The van der Waals surface area contributed by atoms with Crippen LogP contribution < -0.4 is 25.4 Å². The summed E-state index contributed by atoms with van der Waals surface area (Å²) in [4.78, 5) is 12.1. The monoisotopic (exact) mass is 371 g/mol. The molecular weight excluding hydrogens is 346 g/mol. The fraction of sp³-hybridized carbons (Fsp3) is 0.421. The van der Waals surface area contributed by atoms with E-state index in [1.54, 1.807) is 32.4 Å². The Hall–Kier alpha value is -3.03. The molecule has 0 aliphatic heterocycles. The van der Waals surface area contributed by atoms with Crippen molar-refractivity contribution in [1.29, 1.82) is 0 Å². The molecular formula is C19H25N5O3.